The minimum atomic E-state index is -0.252. The average Bonchev–Trinajstić information content (AvgIpc) is 1.95. The van der Waals surface area contributed by atoms with Gasteiger partial charge in [0, 0.05) is 0 Å². The zero-order valence-electron chi connectivity index (χ0n) is 5.27. The molecule has 0 nitrogen and oxygen atoms in total. The first-order valence-electron chi connectivity index (χ1n) is 2.82. The van der Waals surface area contributed by atoms with E-state index in [-0.39, 0.29) is 5.82 Å². The highest BCUT2D eigenvalue weighted by Crippen LogP contribution is 2.20. The molecule has 0 N–H and O–H groups in total. The fourth-order valence-electron chi connectivity index (χ4n) is 0.678. The predicted octanol–water partition coefficient (Wildman–Crippen LogP) is 3.23. The zero-order valence-corrected chi connectivity index (χ0v) is 6.86. The number of rotatable bonds is 1. The number of hydrogen-bond donors (Lipinski definition) is 0. The van der Waals surface area contributed by atoms with Crippen LogP contribution in [-0.4, -0.2) is 0 Å². The highest BCUT2D eigenvalue weighted by atomic mass is 79.9. The molecule has 0 atom stereocenters. The highest BCUT2D eigenvalue weighted by Gasteiger charge is 1.99. The summed E-state index contributed by atoms with van der Waals surface area (Å²) in [7, 11) is 0. The van der Waals surface area contributed by atoms with E-state index in [0.717, 1.165) is 5.56 Å². The van der Waals surface area contributed by atoms with Gasteiger partial charge in [0.15, 0.2) is 0 Å². The lowest BCUT2D eigenvalue weighted by Gasteiger charge is -1.96. The minimum Gasteiger partial charge on any atom is -0.206 e. The molecule has 0 bridgehead atoms. The van der Waals surface area contributed by atoms with Crippen LogP contribution in [0.2, 0.25) is 0 Å². The first-order chi connectivity index (χ1) is 4.75. The smallest absolute Gasteiger partial charge is 0.137 e. The van der Waals surface area contributed by atoms with Crippen LogP contribution in [0.15, 0.2) is 29.3 Å². The van der Waals surface area contributed by atoms with E-state index in [1.54, 1.807) is 18.2 Å². The highest BCUT2D eigenvalue weighted by molar-refractivity contribution is 9.10. The van der Waals surface area contributed by atoms with Crippen molar-refractivity contribution in [1.82, 2.24) is 0 Å². The van der Waals surface area contributed by atoms with E-state index in [1.807, 2.05) is 0 Å². The molecule has 0 amide bonds. The summed E-state index contributed by atoms with van der Waals surface area (Å²) in [5.41, 5.74) is 0.778. The molecule has 0 heterocycles. The molecule has 0 saturated heterocycles. The summed E-state index contributed by atoms with van der Waals surface area (Å²) in [4.78, 5) is 0. The molecule has 10 heavy (non-hydrogen) atoms. The largest absolute Gasteiger partial charge is 0.206 e. The molecule has 0 spiro atoms. The summed E-state index contributed by atoms with van der Waals surface area (Å²) in [6, 6.07) is 4.84. The van der Waals surface area contributed by atoms with Gasteiger partial charge in [0.05, 0.1) is 4.47 Å². The topological polar surface area (TPSA) is 0 Å². The van der Waals surface area contributed by atoms with Crippen LogP contribution in [-0.2, 0) is 0 Å². The van der Waals surface area contributed by atoms with Gasteiger partial charge >= 0.3 is 0 Å². The Kier molecular flexibility index (Phi) is 2.22. The van der Waals surface area contributed by atoms with Gasteiger partial charge in [-0.25, -0.2) is 4.39 Å². The fourth-order valence-corrected chi connectivity index (χ4v) is 1.10. The summed E-state index contributed by atoms with van der Waals surface area (Å²) >= 11 is 3.09. The SMILES string of the molecule is C=Cc1cccc(F)c1Br. The van der Waals surface area contributed by atoms with E-state index in [9.17, 15) is 4.39 Å². The lowest BCUT2D eigenvalue weighted by Crippen LogP contribution is -1.79. The van der Waals surface area contributed by atoms with Crippen LogP contribution in [0, 0.1) is 5.82 Å². The van der Waals surface area contributed by atoms with E-state index in [0.29, 0.717) is 4.47 Å². The molecule has 0 radical (unpaired) electrons. The second kappa shape index (κ2) is 2.97. The van der Waals surface area contributed by atoms with Crippen LogP contribution in [0.5, 0.6) is 0 Å². The molecule has 0 aliphatic carbocycles. The minimum absolute atomic E-state index is 0.252. The monoisotopic (exact) mass is 200 g/mol. The molecule has 0 fully saturated rings. The summed E-state index contributed by atoms with van der Waals surface area (Å²) in [6.07, 6.45) is 1.60. The molecule has 0 aliphatic heterocycles. The number of hydrogen-bond acceptors (Lipinski definition) is 0. The van der Waals surface area contributed by atoms with Gasteiger partial charge in [0.1, 0.15) is 5.82 Å². The quantitative estimate of drug-likeness (QED) is 0.654. The Labute approximate surface area is 67.5 Å². The Hall–Kier alpha value is -0.630. The predicted molar refractivity (Wildman–Crippen MR) is 44.2 cm³/mol. The Morgan fingerprint density at radius 1 is 1.50 bits per heavy atom. The van der Waals surface area contributed by atoms with Crippen molar-refractivity contribution in [2.45, 2.75) is 0 Å². The van der Waals surface area contributed by atoms with E-state index >= 15 is 0 Å². The van der Waals surface area contributed by atoms with E-state index in [2.05, 4.69) is 22.5 Å². The Morgan fingerprint density at radius 3 is 2.70 bits per heavy atom. The van der Waals surface area contributed by atoms with Crippen LogP contribution in [0.3, 0.4) is 0 Å². The first kappa shape index (κ1) is 7.48. The van der Waals surface area contributed by atoms with Crippen molar-refractivity contribution in [1.29, 1.82) is 0 Å². The van der Waals surface area contributed by atoms with Crippen molar-refractivity contribution < 1.29 is 4.39 Å². The van der Waals surface area contributed by atoms with Crippen molar-refractivity contribution in [3.05, 3.63) is 40.6 Å². The third kappa shape index (κ3) is 1.27. The Morgan fingerprint density at radius 2 is 2.20 bits per heavy atom. The molecule has 1 rings (SSSR count). The van der Waals surface area contributed by atoms with Gasteiger partial charge < -0.3 is 0 Å². The molecule has 1 aromatic rings. The second-order valence-corrected chi connectivity index (χ2v) is 2.64. The average molecular weight is 201 g/mol. The van der Waals surface area contributed by atoms with Gasteiger partial charge in [-0.2, -0.15) is 0 Å². The summed E-state index contributed by atoms with van der Waals surface area (Å²) in [5, 5.41) is 0. The Bertz CT molecular complexity index is 255. The van der Waals surface area contributed by atoms with Crippen LogP contribution < -0.4 is 0 Å². The normalized spacial score (nSPS) is 9.40. The van der Waals surface area contributed by atoms with E-state index in [1.165, 1.54) is 6.07 Å². The molecule has 0 aliphatic rings. The summed E-state index contributed by atoms with van der Waals surface area (Å²) in [5.74, 6) is -0.252. The maximum atomic E-state index is 12.7. The maximum absolute atomic E-state index is 12.7. The van der Waals surface area contributed by atoms with E-state index < -0.39 is 0 Å². The first-order valence-corrected chi connectivity index (χ1v) is 3.61. The van der Waals surface area contributed by atoms with Gasteiger partial charge in [-0.05, 0) is 27.6 Å². The molecule has 0 saturated carbocycles. The zero-order chi connectivity index (χ0) is 7.56. The van der Waals surface area contributed by atoms with Crippen molar-refractivity contribution >= 4 is 22.0 Å². The third-order valence-electron chi connectivity index (χ3n) is 1.20. The van der Waals surface area contributed by atoms with E-state index in [4.69, 9.17) is 0 Å². The lowest BCUT2D eigenvalue weighted by atomic mass is 10.2. The van der Waals surface area contributed by atoms with Gasteiger partial charge in [-0.15, -0.1) is 0 Å². The molecular formula is C8H6BrF. The Balaban J connectivity index is 3.27. The molecule has 0 unspecified atom stereocenters. The summed E-state index contributed by atoms with van der Waals surface area (Å²) < 4.78 is 13.1. The summed E-state index contributed by atoms with van der Waals surface area (Å²) in [6.45, 7) is 3.54. The van der Waals surface area contributed by atoms with Crippen LogP contribution in [0.1, 0.15) is 5.56 Å². The van der Waals surface area contributed by atoms with Crippen LogP contribution in [0.4, 0.5) is 4.39 Å². The van der Waals surface area contributed by atoms with Gasteiger partial charge in [-0.3, -0.25) is 0 Å². The third-order valence-corrected chi connectivity index (χ3v) is 2.04. The van der Waals surface area contributed by atoms with Crippen molar-refractivity contribution in [2.24, 2.45) is 0 Å². The second-order valence-electron chi connectivity index (χ2n) is 1.85. The maximum Gasteiger partial charge on any atom is 0.137 e. The molecular weight excluding hydrogens is 195 g/mol. The number of halogens is 2. The molecule has 2 heteroatoms. The molecule has 0 aromatic heterocycles. The molecule has 1 aromatic carbocycles. The van der Waals surface area contributed by atoms with Gasteiger partial charge in [-0.1, -0.05) is 24.8 Å². The van der Waals surface area contributed by atoms with Crippen LogP contribution in [0.25, 0.3) is 6.08 Å². The standard InChI is InChI=1S/C8H6BrF/c1-2-6-4-3-5-7(10)8(6)9/h2-5H,1H2. The fraction of sp³-hybridized carbons (Fsp3) is 0. The van der Waals surface area contributed by atoms with Crippen LogP contribution >= 0.6 is 15.9 Å². The number of benzene rings is 1. The lowest BCUT2D eigenvalue weighted by molar-refractivity contribution is 0.621. The van der Waals surface area contributed by atoms with Gasteiger partial charge in [0.25, 0.3) is 0 Å². The van der Waals surface area contributed by atoms with Gasteiger partial charge in [0.2, 0.25) is 0 Å². The van der Waals surface area contributed by atoms with Crippen molar-refractivity contribution in [3.63, 3.8) is 0 Å². The van der Waals surface area contributed by atoms with Crippen molar-refractivity contribution in [3.8, 4) is 0 Å². The van der Waals surface area contributed by atoms with Crippen molar-refractivity contribution in [2.75, 3.05) is 0 Å². The molecule has 52 valence electrons.